The van der Waals surface area contributed by atoms with Crippen LogP contribution in [0.4, 0.5) is 0 Å². The summed E-state index contributed by atoms with van der Waals surface area (Å²) in [5.74, 6) is 3.16. The van der Waals surface area contributed by atoms with Gasteiger partial charge < -0.3 is 83.9 Å². The third-order valence-electron chi connectivity index (χ3n) is 17.9. The van der Waals surface area contributed by atoms with Gasteiger partial charge in [0.1, 0.15) is 67.1 Å². The molecule has 9 fully saturated rings. The molecule has 0 aromatic rings. The predicted molar refractivity (Wildman–Crippen MR) is 210 cm³/mol. The molecule has 4 aliphatic carbocycles. The minimum Gasteiger partial charge on any atom is -0.394 e. The topological polar surface area (TPSA) is 256 Å². The zero-order valence-electron chi connectivity index (χ0n) is 36.0. The number of fused-ring (bicyclic) bond motifs is 7. The van der Waals surface area contributed by atoms with Crippen LogP contribution in [0.5, 0.6) is 0 Å². The largest absolute Gasteiger partial charge is 0.394 e. The minimum absolute atomic E-state index is 0.100. The molecule has 0 radical (unpaired) electrons. The van der Waals surface area contributed by atoms with Gasteiger partial charge in [-0.2, -0.15) is 0 Å². The van der Waals surface area contributed by atoms with Gasteiger partial charge in [-0.25, -0.2) is 0 Å². The van der Waals surface area contributed by atoms with E-state index < -0.39 is 105 Å². The lowest BCUT2D eigenvalue weighted by atomic mass is 9.44. The van der Waals surface area contributed by atoms with Gasteiger partial charge in [0.05, 0.1) is 38.6 Å². The number of hydrogen-bond donors (Lipinski definition) is 9. The average Bonchev–Trinajstić information content (AvgIpc) is 3.69. The van der Waals surface area contributed by atoms with Gasteiger partial charge in [0.25, 0.3) is 0 Å². The third-order valence-corrected chi connectivity index (χ3v) is 17.9. The Labute approximate surface area is 357 Å². The highest BCUT2D eigenvalue weighted by Crippen LogP contribution is 2.71. The SMILES string of the molecule is C[C@H]1CC[C@@]2(OC1)O[C@H]1C[C@H]3[C@@H]4CC[C@@H]5C[C@@H](O[C@@H]6O[C@H](CO[C@@H]7OC[C@H](O)[C@H](O)[C@H]7O)[C@@H](O)[C@H](O)[C@H]6O[C@@H]6O[C@H](CO)[C@@H](O)[C@H](O)[C@H]6O)CC[C@]5(C)[C@H]4CC[C@]3(C)[C@H]1[C@@H]2C. The first-order chi connectivity index (χ1) is 29.0. The van der Waals surface area contributed by atoms with Crippen molar-refractivity contribution < 1.29 is 83.9 Å². The molecule has 61 heavy (non-hydrogen) atoms. The van der Waals surface area contributed by atoms with Gasteiger partial charge in [0, 0.05) is 12.3 Å². The maximum atomic E-state index is 11.6. The molecular formula is C44H72O17. The summed E-state index contributed by atoms with van der Waals surface area (Å²) in [5, 5.41) is 94.9. The summed E-state index contributed by atoms with van der Waals surface area (Å²) in [6.07, 6.45) is -11.2. The molecule has 9 N–H and O–H groups in total. The summed E-state index contributed by atoms with van der Waals surface area (Å²) in [6, 6.07) is 0. The molecule has 0 bridgehead atoms. The van der Waals surface area contributed by atoms with Crippen molar-refractivity contribution in [2.24, 2.45) is 52.3 Å². The van der Waals surface area contributed by atoms with Crippen molar-refractivity contribution in [3.63, 3.8) is 0 Å². The first-order valence-corrected chi connectivity index (χ1v) is 23.2. The van der Waals surface area contributed by atoms with Gasteiger partial charge in [-0.3, -0.25) is 0 Å². The zero-order valence-corrected chi connectivity index (χ0v) is 36.0. The van der Waals surface area contributed by atoms with Crippen LogP contribution in [0, 0.1) is 52.3 Å². The monoisotopic (exact) mass is 872 g/mol. The molecule has 26 atom stereocenters. The Morgan fingerprint density at radius 2 is 1.36 bits per heavy atom. The Morgan fingerprint density at radius 1 is 0.639 bits per heavy atom. The van der Waals surface area contributed by atoms with E-state index in [9.17, 15) is 46.0 Å². The number of rotatable bonds is 8. The quantitative estimate of drug-likeness (QED) is 0.145. The van der Waals surface area contributed by atoms with E-state index in [1.807, 2.05) is 0 Å². The van der Waals surface area contributed by atoms with Crippen LogP contribution in [0.3, 0.4) is 0 Å². The number of ether oxygens (including phenoxy) is 8. The van der Waals surface area contributed by atoms with Crippen LogP contribution in [-0.2, 0) is 37.9 Å². The van der Waals surface area contributed by atoms with E-state index in [0.717, 1.165) is 51.6 Å². The Bertz CT molecular complexity index is 1520. The Hall–Kier alpha value is -0.680. The van der Waals surface area contributed by atoms with Crippen LogP contribution >= 0.6 is 0 Å². The summed E-state index contributed by atoms with van der Waals surface area (Å²) in [5.41, 5.74) is 0.315. The van der Waals surface area contributed by atoms with Gasteiger partial charge in [0.2, 0.25) is 0 Å². The molecule has 5 saturated heterocycles. The van der Waals surface area contributed by atoms with Crippen molar-refractivity contribution in [3.8, 4) is 0 Å². The molecule has 4 saturated carbocycles. The van der Waals surface area contributed by atoms with E-state index in [0.29, 0.717) is 47.8 Å². The molecule has 0 amide bonds. The molecule has 0 aromatic carbocycles. The van der Waals surface area contributed by atoms with Crippen LogP contribution in [0.1, 0.15) is 91.9 Å². The molecule has 9 rings (SSSR count). The number of hydrogen-bond acceptors (Lipinski definition) is 17. The second kappa shape index (κ2) is 17.2. The lowest BCUT2D eigenvalue weighted by Crippen LogP contribution is -2.65. The Kier molecular flexibility index (Phi) is 12.8. The van der Waals surface area contributed by atoms with Crippen molar-refractivity contribution in [2.45, 2.75) is 196 Å². The highest BCUT2D eigenvalue weighted by Gasteiger charge is 2.69. The molecule has 5 aliphatic heterocycles. The fraction of sp³-hybridized carbons (Fsp3) is 1.00. The second-order valence-corrected chi connectivity index (χ2v) is 21.1. The van der Waals surface area contributed by atoms with E-state index in [1.54, 1.807) is 0 Å². The molecule has 350 valence electrons. The smallest absolute Gasteiger partial charge is 0.187 e. The second-order valence-electron chi connectivity index (χ2n) is 21.1. The van der Waals surface area contributed by atoms with Crippen LogP contribution in [0.15, 0.2) is 0 Å². The number of aliphatic hydroxyl groups is 9. The Morgan fingerprint density at radius 3 is 2.10 bits per heavy atom. The fourth-order valence-electron chi connectivity index (χ4n) is 14.3. The van der Waals surface area contributed by atoms with Crippen LogP contribution < -0.4 is 0 Å². The minimum atomic E-state index is -1.78. The summed E-state index contributed by atoms with van der Waals surface area (Å²) in [7, 11) is 0. The standard InChI is InChI=1S/C44H72O17/c1-19-7-12-44(56-16-19)20(2)30-27(61-44)14-25-23-6-5-21-13-22(8-10-42(21,3)24(23)9-11-43(25,30)4)57-41-38(60-40-37(53)34(50)32(48)28(15-45)58-40)35(51)33(49)29(59-41)18-55-39-36(52)31(47)26(46)17-54-39/h19-41,45-53H,5-18H2,1-4H3/t19-,20-,21+,22-,23+,24-,25-,26-,27-,28+,29+,30-,31-,32+,33+,34-,35-,36+,37+,38+,39-,40-,41+,42-,43-,44+/m0/s1. The van der Waals surface area contributed by atoms with Gasteiger partial charge >= 0.3 is 0 Å². The lowest BCUT2D eigenvalue weighted by molar-refractivity contribution is -0.376. The van der Waals surface area contributed by atoms with Crippen molar-refractivity contribution in [2.75, 3.05) is 26.4 Å². The third kappa shape index (κ3) is 7.68. The fourth-order valence-corrected chi connectivity index (χ4v) is 14.3. The summed E-state index contributed by atoms with van der Waals surface area (Å²) < 4.78 is 49.2. The zero-order chi connectivity index (χ0) is 43.3. The van der Waals surface area contributed by atoms with E-state index in [4.69, 9.17) is 37.9 Å². The molecule has 0 aromatic heterocycles. The summed E-state index contributed by atoms with van der Waals surface area (Å²) in [6.45, 7) is 9.04. The van der Waals surface area contributed by atoms with Crippen LogP contribution in [-0.4, -0.2) is 176 Å². The molecule has 5 heterocycles. The van der Waals surface area contributed by atoms with Gasteiger partial charge in [-0.15, -0.1) is 0 Å². The summed E-state index contributed by atoms with van der Waals surface area (Å²) in [4.78, 5) is 0. The van der Waals surface area contributed by atoms with E-state index in [2.05, 4.69) is 27.7 Å². The number of aliphatic hydroxyl groups excluding tert-OH is 9. The summed E-state index contributed by atoms with van der Waals surface area (Å²) >= 11 is 0. The van der Waals surface area contributed by atoms with Gasteiger partial charge in [-0.1, -0.05) is 27.7 Å². The molecule has 9 aliphatic rings. The van der Waals surface area contributed by atoms with E-state index in [-0.39, 0.29) is 29.6 Å². The normalized spacial score (nSPS) is 58.5. The van der Waals surface area contributed by atoms with Gasteiger partial charge in [-0.05, 0) is 104 Å². The van der Waals surface area contributed by atoms with Crippen molar-refractivity contribution in [3.05, 3.63) is 0 Å². The van der Waals surface area contributed by atoms with Gasteiger partial charge in [0.15, 0.2) is 24.7 Å². The molecule has 1 spiro atoms. The van der Waals surface area contributed by atoms with E-state index >= 15 is 0 Å². The highest BCUT2D eigenvalue weighted by molar-refractivity contribution is 5.15. The maximum Gasteiger partial charge on any atom is 0.187 e. The van der Waals surface area contributed by atoms with E-state index in [1.165, 1.54) is 12.8 Å². The molecule has 17 heteroatoms. The van der Waals surface area contributed by atoms with Crippen molar-refractivity contribution in [1.82, 2.24) is 0 Å². The lowest BCUT2D eigenvalue weighted by Gasteiger charge is -2.61. The van der Waals surface area contributed by atoms with Crippen LogP contribution in [0.25, 0.3) is 0 Å². The van der Waals surface area contributed by atoms with Crippen molar-refractivity contribution in [1.29, 1.82) is 0 Å². The maximum absolute atomic E-state index is 11.6. The first kappa shape index (κ1) is 45.5. The molecular weight excluding hydrogens is 800 g/mol. The first-order valence-electron chi connectivity index (χ1n) is 23.2. The van der Waals surface area contributed by atoms with Crippen molar-refractivity contribution >= 4 is 0 Å². The molecule has 17 nitrogen and oxygen atoms in total. The Balaban J connectivity index is 0.886. The molecule has 0 unspecified atom stereocenters. The van der Waals surface area contributed by atoms with Crippen LogP contribution in [0.2, 0.25) is 0 Å². The average molecular weight is 873 g/mol. The predicted octanol–water partition coefficient (Wildman–Crippen LogP) is -0.0945. The highest BCUT2D eigenvalue weighted by atomic mass is 16.8.